The topological polar surface area (TPSA) is 0 Å². The summed E-state index contributed by atoms with van der Waals surface area (Å²) in [5.74, 6) is 0. The van der Waals surface area contributed by atoms with Crippen molar-refractivity contribution in [2.45, 2.75) is 6.55 Å². The molecule has 0 spiro atoms. The summed E-state index contributed by atoms with van der Waals surface area (Å²) in [5, 5.41) is 0. The van der Waals surface area contributed by atoms with Crippen LogP contribution in [-0.2, 0) is 0 Å². The largest absolute Gasteiger partial charge is 0.0999 e. The van der Waals surface area contributed by atoms with E-state index < -0.39 is 0 Å². The third-order valence-corrected chi connectivity index (χ3v) is 1.50. The summed E-state index contributed by atoms with van der Waals surface area (Å²) < 4.78 is 0. The molecule has 0 amide bonds. The minimum Gasteiger partial charge on any atom is -0.0999 e. The van der Waals surface area contributed by atoms with E-state index in [0.29, 0.717) is 0 Å². The first-order valence-electron chi connectivity index (χ1n) is 1.41. The molecular weight excluding hydrogens is 64.1 g/mol. The molecule has 0 unspecified atom stereocenters. The van der Waals surface area contributed by atoms with Crippen molar-refractivity contribution in [3.8, 4) is 0 Å². The Hall–Kier alpha value is -0.0431. The van der Waals surface area contributed by atoms with Gasteiger partial charge >= 0.3 is 0 Å². The van der Waals surface area contributed by atoms with Crippen LogP contribution in [0.5, 0.6) is 0 Å². The van der Waals surface area contributed by atoms with Crippen LogP contribution in [0.1, 0.15) is 0 Å². The second-order valence-electron chi connectivity index (χ2n) is 1.08. The standard InChI is InChI=1S/C3H5Si/c1-4-2-3-4/h2-3H,1H3. The van der Waals surface area contributed by atoms with Crippen molar-refractivity contribution in [2.75, 3.05) is 0 Å². The second-order valence-corrected chi connectivity index (χ2v) is 3.23. The Balaban J connectivity index is 2.32. The van der Waals surface area contributed by atoms with Crippen molar-refractivity contribution in [3.05, 3.63) is 11.4 Å². The molecule has 1 heteroatoms. The van der Waals surface area contributed by atoms with Crippen LogP contribution < -0.4 is 0 Å². The molecule has 1 rings (SSSR count). The predicted octanol–water partition coefficient (Wildman–Crippen LogP) is 0.759. The highest BCUT2D eigenvalue weighted by atomic mass is 28.3. The lowest BCUT2D eigenvalue weighted by molar-refractivity contribution is 2.28. The molecule has 4 heavy (non-hydrogen) atoms. The van der Waals surface area contributed by atoms with Gasteiger partial charge in [-0.1, -0.05) is 17.9 Å². The van der Waals surface area contributed by atoms with E-state index >= 15 is 0 Å². The number of hydrogen-bond donors (Lipinski definition) is 0. The van der Waals surface area contributed by atoms with Gasteiger partial charge in [0.05, 0.1) is 8.80 Å². The molecule has 1 aliphatic rings. The molecule has 0 saturated heterocycles. The van der Waals surface area contributed by atoms with Crippen LogP contribution in [0.4, 0.5) is 0 Å². The van der Waals surface area contributed by atoms with E-state index in [4.69, 9.17) is 0 Å². The van der Waals surface area contributed by atoms with Gasteiger partial charge in [-0.15, -0.1) is 0 Å². The van der Waals surface area contributed by atoms with E-state index in [1.165, 1.54) is 0 Å². The first-order chi connectivity index (χ1) is 1.89. The summed E-state index contributed by atoms with van der Waals surface area (Å²) in [6.45, 7) is 2.27. The first kappa shape index (κ1) is 2.21. The summed E-state index contributed by atoms with van der Waals surface area (Å²) in [7, 11) is 0.120. The zero-order valence-electron chi connectivity index (χ0n) is 2.65. The third-order valence-electron chi connectivity index (χ3n) is 0.500. The van der Waals surface area contributed by atoms with E-state index in [9.17, 15) is 0 Å². The second kappa shape index (κ2) is 0.461. The van der Waals surface area contributed by atoms with E-state index in [1.807, 2.05) is 0 Å². The lowest BCUT2D eigenvalue weighted by Gasteiger charge is -1.52. The van der Waals surface area contributed by atoms with Crippen molar-refractivity contribution in [1.82, 2.24) is 0 Å². The number of hydrogen-bond acceptors (Lipinski definition) is 0. The lowest BCUT2D eigenvalue weighted by Crippen LogP contribution is -1.69. The molecule has 0 aliphatic carbocycles. The molecule has 0 aromatic carbocycles. The third kappa shape index (κ3) is 0.205. The summed E-state index contributed by atoms with van der Waals surface area (Å²) in [6, 6.07) is 0. The lowest BCUT2D eigenvalue weighted by atomic mass is 11.3. The summed E-state index contributed by atoms with van der Waals surface area (Å²) in [6.07, 6.45) is 0. The SMILES string of the molecule is C[Si]1C=C1. The Morgan fingerprint density at radius 2 is 1.75 bits per heavy atom. The molecular formula is C3H5Si. The normalized spacial score (nSPS) is 22.2. The first-order valence-corrected chi connectivity index (χ1v) is 3.57. The molecule has 0 aromatic rings. The van der Waals surface area contributed by atoms with Gasteiger partial charge in [0, 0.05) is 0 Å². The fourth-order valence-corrected chi connectivity index (χ4v) is 0.750. The summed E-state index contributed by atoms with van der Waals surface area (Å²) in [5.41, 5.74) is 4.54. The van der Waals surface area contributed by atoms with Gasteiger partial charge in [0.1, 0.15) is 0 Å². The van der Waals surface area contributed by atoms with Crippen LogP contribution in [0.2, 0.25) is 6.55 Å². The van der Waals surface area contributed by atoms with Crippen molar-refractivity contribution in [2.24, 2.45) is 0 Å². The van der Waals surface area contributed by atoms with Crippen LogP contribution in [0, 0.1) is 0 Å². The monoisotopic (exact) mass is 69.0 g/mol. The molecule has 21 valence electrons. The highest BCUT2D eigenvalue weighted by Gasteiger charge is 2.01. The van der Waals surface area contributed by atoms with Crippen LogP contribution in [0.25, 0.3) is 0 Å². The molecule has 0 fully saturated rings. The molecule has 0 atom stereocenters. The van der Waals surface area contributed by atoms with E-state index in [1.54, 1.807) is 0 Å². The smallest absolute Gasteiger partial charge is 0.0983 e. The van der Waals surface area contributed by atoms with Crippen LogP contribution >= 0.6 is 0 Å². The summed E-state index contributed by atoms with van der Waals surface area (Å²) >= 11 is 0. The van der Waals surface area contributed by atoms with Crippen molar-refractivity contribution < 1.29 is 0 Å². The molecule has 0 saturated carbocycles. The molecule has 0 bridgehead atoms. The van der Waals surface area contributed by atoms with Crippen LogP contribution in [-0.4, -0.2) is 8.80 Å². The highest BCUT2D eigenvalue weighted by Crippen LogP contribution is 1.98. The molecule has 0 aromatic heterocycles. The average Bonchev–Trinajstić information content (AvgIpc) is 1.75. The van der Waals surface area contributed by atoms with Gasteiger partial charge in [0.25, 0.3) is 0 Å². The van der Waals surface area contributed by atoms with Gasteiger partial charge in [-0.25, -0.2) is 0 Å². The van der Waals surface area contributed by atoms with Crippen LogP contribution in [0.3, 0.4) is 0 Å². The van der Waals surface area contributed by atoms with Crippen LogP contribution in [0.15, 0.2) is 11.4 Å². The Kier molecular flexibility index (Phi) is 0.255. The quantitative estimate of drug-likeness (QED) is 0.368. The molecule has 1 aliphatic heterocycles. The Morgan fingerprint density at radius 1 is 1.50 bits per heavy atom. The summed E-state index contributed by atoms with van der Waals surface area (Å²) in [4.78, 5) is 0. The Labute approximate surface area is 27.8 Å². The van der Waals surface area contributed by atoms with E-state index in [0.717, 1.165) is 0 Å². The Bertz CT molecular complexity index is 41.2. The van der Waals surface area contributed by atoms with Gasteiger partial charge < -0.3 is 0 Å². The van der Waals surface area contributed by atoms with E-state index in [2.05, 4.69) is 17.9 Å². The predicted molar refractivity (Wildman–Crippen MR) is 20.8 cm³/mol. The fourth-order valence-electron chi connectivity index (χ4n) is 0.0833. The molecule has 1 heterocycles. The average molecular weight is 69.2 g/mol. The van der Waals surface area contributed by atoms with Crippen molar-refractivity contribution in [1.29, 1.82) is 0 Å². The van der Waals surface area contributed by atoms with Gasteiger partial charge in [-0.05, 0) is 0 Å². The minimum absolute atomic E-state index is 0.120. The molecule has 0 N–H and O–H groups in total. The zero-order valence-corrected chi connectivity index (χ0v) is 3.65. The van der Waals surface area contributed by atoms with Gasteiger partial charge in [-0.3, -0.25) is 0 Å². The van der Waals surface area contributed by atoms with Gasteiger partial charge in [0.2, 0.25) is 0 Å². The number of rotatable bonds is 0. The molecule has 1 radical (unpaired) electrons. The zero-order chi connectivity index (χ0) is 2.99. The maximum atomic E-state index is 2.27. The minimum atomic E-state index is 0.120. The van der Waals surface area contributed by atoms with Gasteiger partial charge in [-0.2, -0.15) is 0 Å². The van der Waals surface area contributed by atoms with Crippen molar-refractivity contribution >= 4 is 8.80 Å². The Morgan fingerprint density at radius 3 is 1.75 bits per heavy atom. The fraction of sp³-hybridized carbons (Fsp3) is 0.333. The van der Waals surface area contributed by atoms with Crippen molar-refractivity contribution in [3.63, 3.8) is 0 Å². The van der Waals surface area contributed by atoms with E-state index in [-0.39, 0.29) is 8.80 Å². The maximum Gasteiger partial charge on any atom is 0.0983 e. The highest BCUT2D eigenvalue weighted by molar-refractivity contribution is 6.78. The van der Waals surface area contributed by atoms with Gasteiger partial charge in [0.15, 0.2) is 0 Å². The molecule has 0 nitrogen and oxygen atoms in total. The maximum absolute atomic E-state index is 2.27.